The van der Waals surface area contributed by atoms with Crippen LogP contribution in [0.5, 0.6) is 5.88 Å². The molecule has 0 aliphatic carbocycles. The summed E-state index contributed by atoms with van der Waals surface area (Å²) in [6, 6.07) is 10.8. The first kappa shape index (κ1) is 25.8. The van der Waals surface area contributed by atoms with Gasteiger partial charge in [0.05, 0.1) is 46.9 Å². The number of benzene rings is 1. The second kappa shape index (κ2) is 10.9. The van der Waals surface area contributed by atoms with Crippen LogP contribution >= 0.6 is 11.5 Å². The number of para-hydroxylation sites is 2. The van der Waals surface area contributed by atoms with Gasteiger partial charge >= 0.3 is 6.18 Å². The Labute approximate surface area is 220 Å². The number of aromatic nitrogens is 4. The molecule has 1 aromatic carbocycles. The number of nitrogens with zero attached hydrogens (tertiary/aromatic N) is 5. The van der Waals surface area contributed by atoms with Crippen molar-refractivity contribution in [2.75, 3.05) is 30.3 Å². The quantitative estimate of drug-likeness (QED) is 0.328. The first-order valence-corrected chi connectivity index (χ1v) is 12.7. The minimum absolute atomic E-state index is 0.209. The van der Waals surface area contributed by atoms with Crippen molar-refractivity contribution < 1.29 is 22.7 Å². The van der Waals surface area contributed by atoms with Gasteiger partial charge in [-0.1, -0.05) is 12.1 Å². The molecule has 1 fully saturated rings. The number of amides is 1. The number of pyridine rings is 1. The van der Waals surface area contributed by atoms with E-state index in [1.807, 2.05) is 24.3 Å². The van der Waals surface area contributed by atoms with E-state index in [0.29, 0.717) is 59.6 Å². The number of nitrogens with one attached hydrogen (secondary N) is 2. The zero-order valence-electron chi connectivity index (χ0n) is 20.3. The van der Waals surface area contributed by atoms with Crippen molar-refractivity contribution in [3.05, 3.63) is 60.0 Å². The summed E-state index contributed by atoms with van der Waals surface area (Å²) in [5.41, 5.74) is 2.90. The Kier molecular flexibility index (Phi) is 7.38. The number of carbonyl (C=O) groups excluding carboxylic acids is 1. The molecule has 1 amide bonds. The fraction of sp³-hybridized carbons (Fsp3) is 0.320. The molecule has 9 nitrogen and oxygen atoms in total. The van der Waals surface area contributed by atoms with Gasteiger partial charge in [-0.25, -0.2) is 9.97 Å². The number of aryl methyl sites for hydroxylation is 1. The van der Waals surface area contributed by atoms with Crippen LogP contribution in [0.25, 0.3) is 11.0 Å². The van der Waals surface area contributed by atoms with Crippen molar-refractivity contribution in [2.45, 2.75) is 32.0 Å². The van der Waals surface area contributed by atoms with E-state index >= 15 is 0 Å². The highest BCUT2D eigenvalue weighted by Crippen LogP contribution is 2.29. The Bertz CT molecular complexity index is 1420. The van der Waals surface area contributed by atoms with Gasteiger partial charge in [0.15, 0.2) is 0 Å². The summed E-state index contributed by atoms with van der Waals surface area (Å²) in [6.07, 6.45) is -0.367. The largest absolute Gasteiger partial charge is 0.474 e. The summed E-state index contributed by atoms with van der Waals surface area (Å²) in [7, 11) is 0. The van der Waals surface area contributed by atoms with Crippen molar-refractivity contribution in [1.29, 1.82) is 0 Å². The first-order valence-electron chi connectivity index (χ1n) is 11.9. The van der Waals surface area contributed by atoms with Gasteiger partial charge in [0.2, 0.25) is 5.88 Å². The lowest BCUT2D eigenvalue weighted by molar-refractivity contribution is -0.149. The zero-order valence-corrected chi connectivity index (χ0v) is 21.1. The highest BCUT2D eigenvalue weighted by atomic mass is 32.1. The third-order valence-corrected chi connectivity index (χ3v) is 6.85. The summed E-state index contributed by atoms with van der Waals surface area (Å²) in [6.45, 7) is 1.47. The topological polar surface area (TPSA) is 105 Å². The van der Waals surface area contributed by atoms with Crippen LogP contribution in [0.15, 0.2) is 48.8 Å². The molecule has 2 N–H and O–H groups in total. The lowest BCUT2D eigenvalue weighted by atomic mass is 10.1. The summed E-state index contributed by atoms with van der Waals surface area (Å²) < 4.78 is 47.9. The van der Waals surface area contributed by atoms with E-state index in [1.54, 1.807) is 25.3 Å². The Balaban J connectivity index is 1.19. The van der Waals surface area contributed by atoms with E-state index in [2.05, 4.69) is 30.0 Å². The molecule has 1 aliphatic rings. The van der Waals surface area contributed by atoms with Crippen molar-refractivity contribution in [1.82, 2.24) is 24.2 Å². The Morgan fingerprint density at radius 3 is 2.58 bits per heavy atom. The molecule has 0 atom stereocenters. The van der Waals surface area contributed by atoms with Crippen molar-refractivity contribution in [2.24, 2.45) is 0 Å². The van der Waals surface area contributed by atoms with Gasteiger partial charge in [0, 0.05) is 19.2 Å². The van der Waals surface area contributed by atoms with E-state index in [1.165, 1.54) is 11.1 Å². The SMILES string of the molecule is Cc1nsc(Nc2cnc3ccccc3n2)c1C(=O)Nc1ccc(OC2CCN(CC(F)(F)F)CC2)nc1. The van der Waals surface area contributed by atoms with E-state index in [9.17, 15) is 18.0 Å². The van der Waals surface area contributed by atoms with Crippen molar-refractivity contribution >= 4 is 45.0 Å². The molecule has 198 valence electrons. The van der Waals surface area contributed by atoms with Crippen LogP contribution in [-0.2, 0) is 0 Å². The Morgan fingerprint density at radius 1 is 1.11 bits per heavy atom. The lowest BCUT2D eigenvalue weighted by Crippen LogP contribution is -2.42. The molecule has 38 heavy (non-hydrogen) atoms. The van der Waals surface area contributed by atoms with Crippen molar-refractivity contribution in [3.63, 3.8) is 0 Å². The van der Waals surface area contributed by atoms with Gasteiger partial charge in [-0.15, -0.1) is 0 Å². The van der Waals surface area contributed by atoms with Gasteiger partial charge in [0.25, 0.3) is 5.91 Å². The van der Waals surface area contributed by atoms with Gasteiger partial charge in [-0.05, 0) is 49.5 Å². The fourth-order valence-corrected chi connectivity index (χ4v) is 4.98. The maximum atomic E-state index is 13.1. The smallest absolute Gasteiger partial charge is 0.401 e. The molecule has 4 heterocycles. The average Bonchev–Trinajstić information content (AvgIpc) is 3.25. The lowest BCUT2D eigenvalue weighted by Gasteiger charge is -2.32. The van der Waals surface area contributed by atoms with Gasteiger partial charge < -0.3 is 15.4 Å². The Hall–Kier alpha value is -3.84. The summed E-state index contributed by atoms with van der Waals surface area (Å²) >= 11 is 1.15. The predicted octanol–water partition coefficient (Wildman–Crippen LogP) is 5.19. The van der Waals surface area contributed by atoms with Crippen LogP contribution in [0.1, 0.15) is 28.9 Å². The van der Waals surface area contributed by atoms with Gasteiger partial charge in [-0.3, -0.25) is 14.7 Å². The minimum atomic E-state index is -4.20. The second-order valence-electron chi connectivity index (χ2n) is 8.89. The van der Waals surface area contributed by atoms with Crippen LogP contribution in [0.2, 0.25) is 0 Å². The first-order chi connectivity index (χ1) is 18.2. The van der Waals surface area contributed by atoms with Gasteiger partial charge in [0.1, 0.15) is 16.9 Å². The Morgan fingerprint density at radius 2 is 1.87 bits per heavy atom. The van der Waals surface area contributed by atoms with Gasteiger partial charge in [-0.2, -0.15) is 17.5 Å². The number of rotatable bonds is 7. The summed E-state index contributed by atoms with van der Waals surface area (Å²) in [5, 5.41) is 6.50. The number of hydrogen-bond acceptors (Lipinski definition) is 9. The monoisotopic (exact) mass is 543 g/mol. The van der Waals surface area contributed by atoms with E-state index in [0.717, 1.165) is 22.6 Å². The molecule has 4 aromatic rings. The van der Waals surface area contributed by atoms with E-state index in [4.69, 9.17) is 4.74 Å². The molecule has 1 saturated heterocycles. The van der Waals surface area contributed by atoms with Crippen LogP contribution in [-0.4, -0.2) is 62.0 Å². The number of hydrogen-bond donors (Lipinski definition) is 2. The second-order valence-corrected chi connectivity index (χ2v) is 9.66. The molecular weight excluding hydrogens is 519 g/mol. The highest BCUT2D eigenvalue weighted by Gasteiger charge is 2.33. The third-order valence-electron chi connectivity index (χ3n) is 6.00. The number of halogens is 3. The molecule has 0 saturated carbocycles. The molecular formula is C25H24F3N7O2S. The average molecular weight is 544 g/mol. The molecule has 0 unspecified atom stereocenters. The molecule has 1 aliphatic heterocycles. The number of piperidine rings is 1. The molecule has 13 heteroatoms. The maximum absolute atomic E-state index is 13.1. The van der Waals surface area contributed by atoms with Crippen LogP contribution in [0.3, 0.4) is 0 Å². The zero-order chi connectivity index (χ0) is 26.7. The number of ether oxygens (including phenoxy) is 1. The highest BCUT2D eigenvalue weighted by molar-refractivity contribution is 7.10. The molecule has 0 spiro atoms. The van der Waals surface area contributed by atoms with Crippen LogP contribution < -0.4 is 15.4 Å². The predicted molar refractivity (Wildman–Crippen MR) is 138 cm³/mol. The number of anilines is 3. The van der Waals surface area contributed by atoms with Crippen molar-refractivity contribution in [3.8, 4) is 5.88 Å². The molecule has 3 aromatic heterocycles. The number of likely N-dealkylation sites (tertiary alicyclic amines) is 1. The minimum Gasteiger partial charge on any atom is -0.474 e. The number of alkyl halides is 3. The summed E-state index contributed by atoms with van der Waals surface area (Å²) in [4.78, 5) is 27.6. The third kappa shape index (κ3) is 6.34. The molecule has 0 radical (unpaired) electrons. The fourth-order valence-electron chi connectivity index (χ4n) is 4.18. The standard InChI is InChI=1S/C25H24F3N7O2S/c1-15-22(24(38-34-15)33-20-13-29-18-4-2-3-5-19(18)32-20)23(36)31-16-6-7-21(30-12-16)37-17-8-10-35(11-9-17)14-25(26,27)28/h2-7,12-13,17H,8-11,14H2,1H3,(H,31,36)(H,32,33). The number of carbonyl (C=O) groups is 1. The van der Waals surface area contributed by atoms with E-state index < -0.39 is 12.7 Å². The summed E-state index contributed by atoms with van der Waals surface area (Å²) in [5.74, 6) is 0.483. The van der Waals surface area contributed by atoms with Crippen LogP contribution in [0, 0.1) is 6.92 Å². The normalized spacial score (nSPS) is 14.9. The van der Waals surface area contributed by atoms with E-state index in [-0.39, 0.29) is 12.0 Å². The van der Waals surface area contributed by atoms with Crippen LogP contribution in [0.4, 0.5) is 29.7 Å². The maximum Gasteiger partial charge on any atom is 0.401 e. The molecule has 0 bridgehead atoms. The molecule has 5 rings (SSSR count). The number of fused-ring (bicyclic) bond motifs is 1.